The van der Waals surface area contributed by atoms with E-state index in [-0.39, 0.29) is 11.1 Å². The molecule has 0 aliphatic rings. The minimum Gasteiger partial charge on any atom is -0.383 e. The predicted molar refractivity (Wildman–Crippen MR) is 72.5 cm³/mol. The van der Waals surface area contributed by atoms with Gasteiger partial charge in [0.25, 0.3) is 5.91 Å². The van der Waals surface area contributed by atoms with Gasteiger partial charge in [0.05, 0.1) is 12.6 Å². The molecular formula is C12H13BrClF2NO2. The van der Waals surface area contributed by atoms with Crippen LogP contribution in [0.15, 0.2) is 16.6 Å². The smallest absolute Gasteiger partial charge is 0.257 e. The molecule has 7 heteroatoms. The van der Waals surface area contributed by atoms with Crippen LogP contribution in [0.1, 0.15) is 16.8 Å². The van der Waals surface area contributed by atoms with E-state index in [1.54, 1.807) is 0 Å². The van der Waals surface area contributed by atoms with E-state index in [2.05, 4.69) is 21.2 Å². The number of benzene rings is 1. The lowest BCUT2D eigenvalue weighted by molar-refractivity contribution is 0.0886. The van der Waals surface area contributed by atoms with Crippen LogP contribution in [-0.2, 0) is 4.74 Å². The molecule has 0 aromatic heterocycles. The van der Waals surface area contributed by atoms with E-state index in [1.165, 1.54) is 7.11 Å². The molecule has 1 atom stereocenters. The zero-order valence-corrected chi connectivity index (χ0v) is 12.5. The van der Waals surface area contributed by atoms with Crippen LogP contribution in [0.25, 0.3) is 0 Å². The molecule has 1 amide bonds. The molecule has 1 aromatic rings. The highest BCUT2D eigenvalue weighted by molar-refractivity contribution is 9.10. The zero-order chi connectivity index (χ0) is 14.4. The molecule has 0 heterocycles. The fraction of sp³-hybridized carbons (Fsp3) is 0.417. The first-order chi connectivity index (χ1) is 8.99. The van der Waals surface area contributed by atoms with Crippen LogP contribution in [0, 0.1) is 11.6 Å². The van der Waals surface area contributed by atoms with Gasteiger partial charge in [0.2, 0.25) is 0 Å². The average molecular weight is 357 g/mol. The fourth-order valence-electron chi connectivity index (χ4n) is 1.55. The van der Waals surface area contributed by atoms with Gasteiger partial charge in [-0.25, -0.2) is 8.78 Å². The fourth-order valence-corrected chi connectivity index (χ4v) is 2.21. The Bertz CT molecular complexity index is 430. The first-order valence-corrected chi connectivity index (χ1v) is 6.82. The van der Waals surface area contributed by atoms with Crippen molar-refractivity contribution in [1.29, 1.82) is 0 Å². The second kappa shape index (κ2) is 7.77. The lowest BCUT2D eigenvalue weighted by atomic mass is 10.1. The van der Waals surface area contributed by atoms with Crippen LogP contribution in [0.5, 0.6) is 0 Å². The quantitative estimate of drug-likeness (QED) is 0.796. The van der Waals surface area contributed by atoms with Gasteiger partial charge in [-0.05, 0) is 18.6 Å². The molecule has 1 aromatic carbocycles. The molecular weight excluding hydrogens is 343 g/mol. The molecule has 1 unspecified atom stereocenters. The van der Waals surface area contributed by atoms with Crippen molar-refractivity contribution in [1.82, 2.24) is 5.32 Å². The predicted octanol–water partition coefficient (Wildman–Crippen LogP) is 3.10. The average Bonchev–Trinajstić information content (AvgIpc) is 2.27. The van der Waals surface area contributed by atoms with E-state index < -0.39 is 29.1 Å². The van der Waals surface area contributed by atoms with Gasteiger partial charge in [0, 0.05) is 17.5 Å². The molecule has 0 fully saturated rings. The number of methoxy groups -OCH3 is 1. The number of nitrogens with one attached hydrogen (secondary N) is 1. The molecule has 0 saturated heterocycles. The number of halogens is 4. The van der Waals surface area contributed by atoms with Gasteiger partial charge in [-0.2, -0.15) is 0 Å². The summed E-state index contributed by atoms with van der Waals surface area (Å²) in [5.41, 5.74) is -0.612. The Hall–Kier alpha value is -0.720. The highest BCUT2D eigenvalue weighted by Gasteiger charge is 2.21. The van der Waals surface area contributed by atoms with Gasteiger partial charge in [0.1, 0.15) is 17.2 Å². The van der Waals surface area contributed by atoms with Crippen molar-refractivity contribution in [2.75, 3.05) is 19.6 Å². The third kappa shape index (κ3) is 4.71. The number of carbonyl (C=O) groups is 1. The van der Waals surface area contributed by atoms with Gasteiger partial charge in [0.15, 0.2) is 0 Å². The second-order valence-electron chi connectivity index (χ2n) is 3.85. The molecule has 0 radical (unpaired) electrons. The maximum atomic E-state index is 13.6. The van der Waals surface area contributed by atoms with Crippen LogP contribution in [0.3, 0.4) is 0 Å². The summed E-state index contributed by atoms with van der Waals surface area (Å²) in [5, 5.41) is 2.49. The minimum atomic E-state index is -0.925. The van der Waals surface area contributed by atoms with Crippen LogP contribution in [0.2, 0.25) is 0 Å². The summed E-state index contributed by atoms with van der Waals surface area (Å²) in [6.45, 7) is 0.220. The van der Waals surface area contributed by atoms with Crippen molar-refractivity contribution in [3.05, 3.63) is 33.8 Å². The van der Waals surface area contributed by atoms with Crippen molar-refractivity contribution in [3.63, 3.8) is 0 Å². The Labute approximate surface area is 123 Å². The van der Waals surface area contributed by atoms with E-state index in [0.29, 0.717) is 12.3 Å². The molecule has 0 bridgehead atoms. The third-order valence-electron chi connectivity index (χ3n) is 2.39. The summed E-state index contributed by atoms with van der Waals surface area (Å²) in [7, 11) is 1.47. The number of ether oxygens (including phenoxy) is 1. The SMILES string of the molecule is COCC(CCCl)NC(=O)c1c(F)cc(Br)cc1F. The lowest BCUT2D eigenvalue weighted by Crippen LogP contribution is -2.39. The van der Waals surface area contributed by atoms with Crippen molar-refractivity contribution in [2.45, 2.75) is 12.5 Å². The van der Waals surface area contributed by atoms with Gasteiger partial charge in [-0.3, -0.25) is 4.79 Å². The number of hydrogen-bond acceptors (Lipinski definition) is 2. The largest absolute Gasteiger partial charge is 0.383 e. The van der Waals surface area contributed by atoms with E-state index >= 15 is 0 Å². The molecule has 3 nitrogen and oxygen atoms in total. The van der Waals surface area contributed by atoms with Crippen molar-refractivity contribution < 1.29 is 18.3 Å². The second-order valence-corrected chi connectivity index (χ2v) is 5.14. The number of alkyl halides is 1. The molecule has 0 aliphatic heterocycles. The number of hydrogen-bond donors (Lipinski definition) is 1. The Morgan fingerprint density at radius 1 is 1.47 bits per heavy atom. The summed E-state index contributed by atoms with van der Waals surface area (Å²) in [4.78, 5) is 11.9. The highest BCUT2D eigenvalue weighted by atomic mass is 79.9. The van der Waals surface area contributed by atoms with Gasteiger partial charge in [-0.1, -0.05) is 15.9 Å². The Morgan fingerprint density at radius 2 is 2.05 bits per heavy atom. The third-order valence-corrected chi connectivity index (χ3v) is 3.07. The standard InChI is InChI=1S/C12H13BrClF2NO2/c1-19-6-8(2-3-14)17-12(18)11-9(15)4-7(13)5-10(11)16/h4-5,8H,2-3,6H2,1H3,(H,17,18). The van der Waals surface area contributed by atoms with Gasteiger partial charge in [-0.15, -0.1) is 11.6 Å². The molecule has 0 aliphatic carbocycles. The number of amides is 1. The lowest BCUT2D eigenvalue weighted by Gasteiger charge is -2.17. The molecule has 19 heavy (non-hydrogen) atoms. The maximum Gasteiger partial charge on any atom is 0.257 e. The monoisotopic (exact) mass is 355 g/mol. The highest BCUT2D eigenvalue weighted by Crippen LogP contribution is 2.19. The summed E-state index contributed by atoms with van der Waals surface area (Å²) >= 11 is 8.53. The Kier molecular flexibility index (Phi) is 6.68. The van der Waals surface area contributed by atoms with Crippen molar-refractivity contribution >= 4 is 33.4 Å². The summed E-state index contributed by atoms with van der Waals surface area (Å²) in [6, 6.07) is 1.67. The summed E-state index contributed by atoms with van der Waals surface area (Å²) in [6.07, 6.45) is 0.445. The number of carbonyl (C=O) groups excluding carboxylic acids is 1. The van der Waals surface area contributed by atoms with Crippen LogP contribution < -0.4 is 5.32 Å². The van der Waals surface area contributed by atoms with E-state index in [1.807, 2.05) is 0 Å². The van der Waals surface area contributed by atoms with Crippen LogP contribution in [-0.4, -0.2) is 31.5 Å². The van der Waals surface area contributed by atoms with E-state index in [4.69, 9.17) is 16.3 Å². The normalized spacial score (nSPS) is 12.3. The van der Waals surface area contributed by atoms with Crippen LogP contribution in [0.4, 0.5) is 8.78 Å². The van der Waals surface area contributed by atoms with Crippen molar-refractivity contribution in [2.24, 2.45) is 0 Å². The molecule has 1 N–H and O–H groups in total. The zero-order valence-electron chi connectivity index (χ0n) is 10.2. The first kappa shape index (κ1) is 16.3. The minimum absolute atomic E-state index is 0.220. The van der Waals surface area contributed by atoms with E-state index in [0.717, 1.165) is 12.1 Å². The molecule has 0 saturated carbocycles. The van der Waals surface area contributed by atoms with Crippen LogP contribution >= 0.6 is 27.5 Å². The number of rotatable bonds is 6. The van der Waals surface area contributed by atoms with E-state index in [9.17, 15) is 13.6 Å². The topological polar surface area (TPSA) is 38.3 Å². The first-order valence-electron chi connectivity index (χ1n) is 5.50. The molecule has 106 valence electrons. The van der Waals surface area contributed by atoms with Crippen molar-refractivity contribution in [3.8, 4) is 0 Å². The Morgan fingerprint density at radius 3 is 2.53 bits per heavy atom. The van der Waals surface area contributed by atoms with Gasteiger partial charge >= 0.3 is 0 Å². The van der Waals surface area contributed by atoms with Gasteiger partial charge < -0.3 is 10.1 Å². The molecule has 1 rings (SSSR count). The summed E-state index contributed by atoms with van der Waals surface area (Å²) < 4.78 is 32.3. The summed E-state index contributed by atoms with van der Waals surface area (Å²) in [5.74, 6) is -2.37. The maximum absolute atomic E-state index is 13.6. The molecule has 0 spiro atoms. The Balaban J connectivity index is 2.88.